The molecule has 2 atom stereocenters. The number of carboxylic acid groups (broad SMARTS) is 1. The van der Waals surface area contributed by atoms with Crippen molar-refractivity contribution in [2.24, 2.45) is 11.8 Å². The number of nitrogens with one attached hydrogen (secondary N) is 1. The Morgan fingerprint density at radius 2 is 1.67 bits per heavy atom. The predicted octanol–water partition coefficient (Wildman–Crippen LogP) is 2.36. The fraction of sp³-hybridized carbons (Fsp3) is 0.375. The highest BCUT2D eigenvalue weighted by molar-refractivity contribution is 5.95. The summed E-state index contributed by atoms with van der Waals surface area (Å²) in [7, 11) is 3.89. The summed E-state index contributed by atoms with van der Waals surface area (Å²) in [4.78, 5) is 25.5. The monoisotopic (exact) mass is 288 g/mol. The second-order valence-electron chi connectivity index (χ2n) is 5.42. The van der Waals surface area contributed by atoms with Crippen LogP contribution in [0.2, 0.25) is 0 Å². The second kappa shape index (κ2) is 6.43. The fourth-order valence-corrected chi connectivity index (χ4v) is 2.45. The van der Waals surface area contributed by atoms with E-state index in [1.54, 1.807) is 0 Å². The molecule has 0 bridgehead atoms. The van der Waals surface area contributed by atoms with Gasteiger partial charge in [0.05, 0.1) is 11.8 Å². The number of carbonyl (C=O) groups is 2. The van der Waals surface area contributed by atoms with Crippen LogP contribution < -0.4 is 10.2 Å². The lowest BCUT2D eigenvalue weighted by molar-refractivity contribution is -0.146. The quantitative estimate of drug-likeness (QED) is 0.834. The normalized spacial score (nSPS) is 20.9. The molecule has 1 aliphatic rings. The maximum atomic E-state index is 12.3. The van der Waals surface area contributed by atoms with Crippen LogP contribution in [0.5, 0.6) is 0 Å². The zero-order valence-electron chi connectivity index (χ0n) is 12.2. The zero-order chi connectivity index (χ0) is 15.4. The van der Waals surface area contributed by atoms with Gasteiger partial charge in [0.2, 0.25) is 5.91 Å². The van der Waals surface area contributed by atoms with Gasteiger partial charge in [-0.1, -0.05) is 12.2 Å². The number of hydrogen-bond donors (Lipinski definition) is 2. The molecule has 5 nitrogen and oxygen atoms in total. The summed E-state index contributed by atoms with van der Waals surface area (Å²) >= 11 is 0. The second-order valence-corrected chi connectivity index (χ2v) is 5.42. The lowest BCUT2D eigenvalue weighted by atomic mass is 9.82. The number of benzene rings is 1. The molecule has 5 heteroatoms. The summed E-state index contributed by atoms with van der Waals surface area (Å²) in [6.07, 6.45) is 4.58. The summed E-state index contributed by atoms with van der Waals surface area (Å²) in [6.45, 7) is 0. The molecular weight excluding hydrogens is 268 g/mol. The number of amides is 1. The van der Waals surface area contributed by atoms with Gasteiger partial charge in [0.15, 0.2) is 0 Å². The zero-order valence-corrected chi connectivity index (χ0v) is 12.2. The number of allylic oxidation sites excluding steroid dienone is 2. The lowest BCUT2D eigenvalue weighted by Crippen LogP contribution is -2.34. The Kier molecular flexibility index (Phi) is 4.62. The van der Waals surface area contributed by atoms with Crippen LogP contribution >= 0.6 is 0 Å². The molecule has 0 fully saturated rings. The van der Waals surface area contributed by atoms with Crippen molar-refractivity contribution in [1.29, 1.82) is 0 Å². The Morgan fingerprint density at radius 3 is 2.19 bits per heavy atom. The minimum atomic E-state index is -0.914. The first-order valence-corrected chi connectivity index (χ1v) is 6.95. The Bertz CT molecular complexity index is 549. The van der Waals surface area contributed by atoms with Gasteiger partial charge in [-0.2, -0.15) is 0 Å². The standard InChI is InChI=1S/C16H20N2O3/c1-18(2)12-9-7-11(8-10-12)17-15(19)13-5-3-4-6-14(13)16(20)21/h3-4,7-10,13-14H,5-6H2,1-2H3,(H,17,19)(H,20,21)/t13-,14-/m1/s1. The van der Waals surface area contributed by atoms with E-state index in [-0.39, 0.29) is 5.91 Å². The van der Waals surface area contributed by atoms with Crippen LogP contribution in [-0.4, -0.2) is 31.1 Å². The molecule has 0 radical (unpaired) electrons. The third kappa shape index (κ3) is 3.62. The summed E-state index contributed by atoms with van der Waals surface area (Å²) < 4.78 is 0. The molecule has 0 heterocycles. The topological polar surface area (TPSA) is 69.6 Å². The molecule has 0 aliphatic heterocycles. The summed E-state index contributed by atoms with van der Waals surface area (Å²) in [5.74, 6) is -2.30. The number of nitrogens with zero attached hydrogens (tertiary/aromatic N) is 1. The minimum Gasteiger partial charge on any atom is -0.481 e. The molecule has 112 valence electrons. The number of aliphatic carboxylic acids is 1. The maximum absolute atomic E-state index is 12.3. The first-order chi connectivity index (χ1) is 9.99. The summed E-state index contributed by atoms with van der Waals surface area (Å²) in [5.41, 5.74) is 1.72. The van der Waals surface area contributed by atoms with E-state index < -0.39 is 17.8 Å². The molecule has 0 aromatic heterocycles. The third-order valence-electron chi connectivity index (χ3n) is 3.74. The van der Waals surface area contributed by atoms with Crippen LogP contribution in [0.15, 0.2) is 36.4 Å². The first-order valence-electron chi connectivity index (χ1n) is 6.95. The average molecular weight is 288 g/mol. The molecular formula is C16H20N2O3. The van der Waals surface area contributed by atoms with Crippen molar-refractivity contribution < 1.29 is 14.7 Å². The Morgan fingerprint density at radius 1 is 1.10 bits per heavy atom. The number of rotatable bonds is 4. The molecule has 1 aromatic carbocycles. The molecule has 2 rings (SSSR count). The highest BCUT2D eigenvalue weighted by atomic mass is 16.4. The first kappa shape index (κ1) is 15.1. The molecule has 2 N–H and O–H groups in total. The highest BCUT2D eigenvalue weighted by Gasteiger charge is 2.33. The number of carboxylic acids is 1. The largest absolute Gasteiger partial charge is 0.481 e. The summed E-state index contributed by atoms with van der Waals surface area (Å²) in [5, 5.41) is 12.0. The van der Waals surface area contributed by atoms with Gasteiger partial charge in [-0.05, 0) is 37.1 Å². The van der Waals surface area contributed by atoms with Gasteiger partial charge in [0.25, 0.3) is 0 Å². The number of anilines is 2. The van der Waals surface area contributed by atoms with Crippen molar-refractivity contribution >= 4 is 23.3 Å². The van der Waals surface area contributed by atoms with Gasteiger partial charge in [-0.15, -0.1) is 0 Å². The van der Waals surface area contributed by atoms with Gasteiger partial charge >= 0.3 is 5.97 Å². The fourth-order valence-electron chi connectivity index (χ4n) is 2.45. The van der Waals surface area contributed by atoms with Crippen molar-refractivity contribution in [3.8, 4) is 0 Å². The highest BCUT2D eigenvalue weighted by Crippen LogP contribution is 2.27. The van der Waals surface area contributed by atoms with Crippen LogP contribution in [0.3, 0.4) is 0 Å². The van der Waals surface area contributed by atoms with Crippen LogP contribution in [0.4, 0.5) is 11.4 Å². The number of carbonyl (C=O) groups excluding carboxylic acids is 1. The van der Waals surface area contributed by atoms with Gasteiger partial charge < -0.3 is 15.3 Å². The maximum Gasteiger partial charge on any atom is 0.307 e. The molecule has 1 amide bonds. The molecule has 0 saturated heterocycles. The van der Waals surface area contributed by atoms with E-state index in [1.165, 1.54) is 0 Å². The van der Waals surface area contributed by atoms with E-state index in [4.69, 9.17) is 0 Å². The van der Waals surface area contributed by atoms with Crippen molar-refractivity contribution in [2.45, 2.75) is 12.8 Å². The summed E-state index contributed by atoms with van der Waals surface area (Å²) in [6, 6.07) is 7.46. The van der Waals surface area contributed by atoms with Crippen molar-refractivity contribution in [2.75, 3.05) is 24.3 Å². The smallest absolute Gasteiger partial charge is 0.307 e. The van der Waals surface area contributed by atoms with Crippen molar-refractivity contribution in [1.82, 2.24) is 0 Å². The lowest BCUT2D eigenvalue weighted by Gasteiger charge is -2.24. The van der Waals surface area contributed by atoms with E-state index in [0.717, 1.165) is 5.69 Å². The Labute approximate surface area is 124 Å². The SMILES string of the molecule is CN(C)c1ccc(NC(=O)[C@@H]2CC=CC[C@H]2C(=O)O)cc1. The molecule has 21 heavy (non-hydrogen) atoms. The molecule has 0 spiro atoms. The van der Waals surface area contributed by atoms with E-state index in [2.05, 4.69) is 5.32 Å². The Hall–Kier alpha value is -2.30. The van der Waals surface area contributed by atoms with E-state index in [0.29, 0.717) is 18.5 Å². The van der Waals surface area contributed by atoms with Crippen LogP contribution in [-0.2, 0) is 9.59 Å². The van der Waals surface area contributed by atoms with Crippen molar-refractivity contribution in [3.63, 3.8) is 0 Å². The molecule has 1 aliphatic carbocycles. The van der Waals surface area contributed by atoms with Crippen molar-refractivity contribution in [3.05, 3.63) is 36.4 Å². The number of hydrogen-bond acceptors (Lipinski definition) is 3. The Balaban J connectivity index is 2.06. The molecule has 0 saturated carbocycles. The van der Waals surface area contributed by atoms with Crippen LogP contribution in [0, 0.1) is 11.8 Å². The van der Waals surface area contributed by atoms with Crippen LogP contribution in [0.25, 0.3) is 0 Å². The van der Waals surface area contributed by atoms with Gasteiger partial charge in [-0.25, -0.2) is 0 Å². The van der Waals surface area contributed by atoms with E-state index in [9.17, 15) is 14.7 Å². The average Bonchev–Trinajstić information content (AvgIpc) is 2.47. The van der Waals surface area contributed by atoms with Gasteiger partial charge in [-0.3, -0.25) is 9.59 Å². The minimum absolute atomic E-state index is 0.232. The van der Waals surface area contributed by atoms with Gasteiger partial charge in [0, 0.05) is 25.5 Å². The third-order valence-corrected chi connectivity index (χ3v) is 3.74. The van der Waals surface area contributed by atoms with E-state index >= 15 is 0 Å². The van der Waals surface area contributed by atoms with E-state index in [1.807, 2.05) is 55.4 Å². The molecule has 0 unspecified atom stereocenters. The van der Waals surface area contributed by atoms with Gasteiger partial charge in [0.1, 0.15) is 0 Å². The van der Waals surface area contributed by atoms with Crippen LogP contribution in [0.1, 0.15) is 12.8 Å². The predicted molar refractivity (Wildman–Crippen MR) is 82.4 cm³/mol. The molecule has 1 aromatic rings.